The van der Waals surface area contributed by atoms with E-state index in [0.29, 0.717) is 5.92 Å². The van der Waals surface area contributed by atoms with Gasteiger partial charge in [-0.1, -0.05) is 19.6 Å². The number of aromatic nitrogens is 2. The molecular formula is C14H16N4. The van der Waals surface area contributed by atoms with E-state index in [0.717, 1.165) is 40.3 Å². The summed E-state index contributed by atoms with van der Waals surface area (Å²) in [5, 5.41) is 4.41. The maximum Gasteiger partial charge on any atom is 0.104 e. The Morgan fingerprint density at radius 3 is 3.00 bits per heavy atom. The van der Waals surface area contributed by atoms with E-state index in [2.05, 4.69) is 46.1 Å². The van der Waals surface area contributed by atoms with Gasteiger partial charge in [0.2, 0.25) is 0 Å². The van der Waals surface area contributed by atoms with E-state index in [1.165, 1.54) is 0 Å². The van der Waals surface area contributed by atoms with Gasteiger partial charge < -0.3 is 4.98 Å². The number of rotatable bonds is 1. The van der Waals surface area contributed by atoms with Crippen LogP contribution in [0.5, 0.6) is 0 Å². The fraction of sp³-hybridized carbons (Fsp3) is 0.286. The number of imidazole rings is 1. The highest BCUT2D eigenvalue weighted by molar-refractivity contribution is 6.04. The molecule has 1 aliphatic rings. The molecule has 2 N–H and O–H groups in total. The molecule has 1 aliphatic heterocycles. The first-order valence-corrected chi connectivity index (χ1v) is 6.11. The van der Waals surface area contributed by atoms with Crippen LogP contribution in [0.15, 0.2) is 35.6 Å². The van der Waals surface area contributed by atoms with Crippen molar-refractivity contribution in [2.75, 3.05) is 0 Å². The van der Waals surface area contributed by atoms with E-state index in [4.69, 9.17) is 0 Å². The number of allylic oxidation sites excluding steroid dienone is 1. The predicted molar refractivity (Wildman–Crippen MR) is 73.4 cm³/mol. The minimum atomic E-state index is 0.389. The van der Waals surface area contributed by atoms with Gasteiger partial charge in [-0.2, -0.15) is 5.10 Å². The SMILES string of the molecule is C=C1C[C@@H](C)C(c2ccc3nc(C)[nH]c3c2)=NN1. The average Bonchev–Trinajstić information content (AvgIpc) is 2.68. The lowest BCUT2D eigenvalue weighted by atomic mass is 9.93. The van der Waals surface area contributed by atoms with E-state index in [-0.39, 0.29) is 0 Å². The molecule has 3 rings (SSSR count). The average molecular weight is 240 g/mol. The van der Waals surface area contributed by atoms with E-state index in [1.54, 1.807) is 0 Å². The number of benzene rings is 1. The molecule has 0 bridgehead atoms. The zero-order chi connectivity index (χ0) is 12.7. The number of aryl methyl sites for hydroxylation is 1. The maximum atomic E-state index is 4.41. The number of hydrogen-bond donors (Lipinski definition) is 2. The van der Waals surface area contributed by atoms with Gasteiger partial charge in [0.25, 0.3) is 0 Å². The van der Waals surface area contributed by atoms with Crippen LogP contribution in [0.3, 0.4) is 0 Å². The van der Waals surface area contributed by atoms with Crippen LogP contribution in [-0.2, 0) is 0 Å². The minimum Gasteiger partial charge on any atom is -0.342 e. The summed E-state index contributed by atoms with van der Waals surface area (Å²) in [5.41, 5.74) is 8.23. The fourth-order valence-corrected chi connectivity index (χ4v) is 2.41. The summed E-state index contributed by atoms with van der Waals surface area (Å²) < 4.78 is 0. The second-order valence-corrected chi connectivity index (χ2v) is 4.87. The third kappa shape index (κ3) is 1.79. The lowest BCUT2D eigenvalue weighted by Crippen LogP contribution is -2.25. The standard InChI is InChI=1S/C14H16N4/c1-8-6-9(2)17-18-14(8)11-4-5-12-13(7-11)16-10(3)15-12/h4-5,7-8,17H,2,6H2,1,3H3,(H,15,16)/t8-/m1/s1. The quantitative estimate of drug-likeness (QED) is 0.805. The van der Waals surface area contributed by atoms with Gasteiger partial charge in [-0.15, -0.1) is 0 Å². The second kappa shape index (κ2) is 3.98. The molecule has 0 unspecified atom stereocenters. The summed E-state index contributed by atoms with van der Waals surface area (Å²) in [6.45, 7) is 8.05. The lowest BCUT2D eigenvalue weighted by Gasteiger charge is -2.21. The number of aromatic amines is 1. The van der Waals surface area contributed by atoms with Crippen LogP contribution >= 0.6 is 0 Å². The minimum absolute atomic E-state index is 0.389. The predicted octanol–water partition coefficient (Wildman–Crippen LogP) is 2.72. The first-order chi connectivity index (χ1) is 8.63. The fourth-order valence-electron chi connectivity index (χ4n) is 2.41. The highest BCUT2D eigenvalue weighted by Crippen LogP contribution is 2.22. The zero-order valence-electron chi connectivity index (χ0n) is 10.6. The Bertz CT molecular complexity index is 651. The van der Waals surface area contributed by atoms with E-state index >= 15 is 0 Å². The van der Waals surface area contributed by atoms with Crippen molar-refractivity contribution in [3.63, 3.8) is 0 Å². The maximum absolute atomic E-state index is 4.41. The Hall–Kier alpha value is -2.10. The van der Waals surface area contributed by atoms with Gasteiger partial charge in [0.1, 0.15) is 5.82 Å². The third-order valence-corrected chi connectivity index (χ3v) is 3.25. The molecule has 1 aromatic carbocycles. The summed E-state index contributed by atoms with van der Waals surface area (Å²) >= 11 is 0. The summed E-state index contributed by atoms with van der Waals surface area (Å²) in [5.74, 6) is 1.33. The van der Waals surface area contributed by atoms with Gasteiger partial charge in [0, 0.05) is 17.2 Å². The van der Waals surface area contributed by atoms with Crippen LogP contribution in [0.4, 0.5) is 0 Å². The van der Waals surface area contributed by atoms with Gasteiger partial charge in [-0.05, 0) is 25.5 Å². The largest absolute Gasteiger partial charge is 0.342 e. The topological polar surface area (TPSA) is 53.1 Å². The number of fused-ring (bicyclic) bond motifs is 1. The lowest BCUT2D eigenvalue weighted by molar-refractivity contribution is 0.653. The highest BCUT2D eigenvalue weighted by atomic mass is 15.3. The highest BCUT2D eigenvalue weighted by Gasteiger charge is 2.19. The summed E-state index contributed by atoms with van der Waals surface area (Å²) in [4.78, 5) is 7.66. The molecule has 0 radical (unpaired) electrons. The number of hydrogen-bond acceptors (Lipinski definition) is 3. The van der Waals surface area contributed by atoms with Crippen LogP contribution in [0.25, 0.3) is 11.0 Å². The normalized spacial score (nSPS) is 19.8. The van der Waals surface area contributed by atoms with Crippen molar-refractivity contribution in [2.45, 2.75) is 20.3 Å². The van der Waals surface area contributed by atoms with Crippen LogP contribution < -0.4 is 5.43 Å². The van der Waals surface area contributed by atoms with E-state index < -0.39 is 0 Å². The van der Waals surface area contributed by atoms with Crippen molar-refractivity contribution in [3.05, 3.63) is 41.9 Å². The Labute approximate surface area is 106 Å². The molecule has 0 spiro atoms. The first-order valence-electron chi connectivity index (χ1n) is 6.11. The number of H-pyrrole nitrogens is 1. The molecule has 0 saturated carbocycles. The summed E-state index contributed by atoms with van der Waals surface area (Å²) in [6.07, 6.45) is 0.929. The van der Waals surface area contributed by atoms with Gasteiger partial charge in [0.05, 0.1) is 16.7 Å². The molecule has 1 aromatic heterocycles. The van der Waals surface area contributed by atoms with Crippen LogP contribution in [0.1, 0.15) is 24.7 Å². The first kappa shape index (κ1) is 11.0. The van der Waals surface area contributed by atoms with Crippen molar-refractivity contribution in [1.29, 1.82) is 0 Å². The molecule has 2 heterocycles. The number of nitrogens with zero attached hydrogens (tertiary/aromatic N) is 2. The van der Waals surface area contributed by atoms with E-state index in [1.807, 2.05) is 13.0 Å². The molecule has 18 heavy (non-hydrogen) atoms. The van der Waals surface area contributed by atoms with Crippen molar-refractivity contribution in [1.82, 2.24) is 15.4 Å². The monoisotopic (exact) mass is 240 g/mol. The number of hydrazone groups is 1. The van der Waals surface area contributed by atoms with Gasteiger partial charge in [-0.3, -0.25) is 5.43 Å². The van der Waals surface area contributed by atoms with Crippen molar-refractivity contribution in [3.8, 4) is 0 Å². The Morgan fingerprint density at radius 1 is 1.39 bits per heavy atom. The smallest absolute Gasteiger partial charge is 0.104 e. The Morgan fingerprint density at radius 2 is 2.22 bits per heavy atom. The molecule has 0 fully saturated rings. The Kier molecular flexibility index (Phi) is 2.44. The van der Waals surface area contributed by atoms with Crippen LogP contribution in [0.2, 0.25) is 0 Å². The van der Waals surface area contributed by atoms with Gasteiger partial charge in [-0.25, -0.2) is 4.98 Å². The zero-order valence-corrected chi connectivity index (χ0v) is 10.6. The summed E-state index contributed by atoms with van der Waals surface area (Å²) in [6, 6.07) is 6.22. The molecular weight excluding hydrogens is 224 g/mol. The van der Waals surface area contributed by atoms with Crippen molar-refractivity contribution < 1.29 is 0 Å². The van der Waals surface area contributed by atoms with E-state index in [9.17, 15) is 0 Å². The molecule has 0 amide bonds. The second-order valence-electron chi connectivity index (χ2n) is 4.87. The van der Waals surface area contributed by atoms with Gasteiger partial charge in [0.15, 0.2) is 0 Å². The third-order valence-electron chi connectivity index (χ3n) is 3.25. The molecule has 2 aromatic rings. The van der Waals surface area contributed by atoms with Crippen LogP contribution in [0, 0.1) is 12.8 Å². The van der Waals surface area contributed by atoms with Crippen molar-refractivity contribution in [2.24, 2.45) is 11.0 Å². The molecule has 4 nitrogen and oxygen atoms in total. The van der Waals surface area contributed by atoms with Crippen LogP contribution in [-0.4, -0.2) is 15.7 Å². The Balaban J connectivity index is 2.06. The molecule has 92 valence electrons. The molecule has 1 atom stereocenters. The molecule has 0 saturated heterocycles. The van der Waals surface area contributed by atoms with Crippen molar-refractivity contribution >= 4 is 16.7 Å². The molecule has 0 aliphatic carbocycles. The molecule has 4 heteroatoms. The number of nitrogens with one attached hydrogen (secondary N) is 2. The summed E-state index contributed by atoms with van der Waals surface area (Å²) in [7, 11) is 0. The van der Waals surface area contributed by atoms with Gasteiger partial charge >= 0.3 is 0 Å².